The minimum absolute atomic E-state index is 0.217. The summed E-state index contributed by atoms with van der Waals surface area (Å²) in [5.74, 6) is 0.681. The number of aliphatic imine (C=N–C) groups is 1. The summed E-state index contributed by atoms with van der Waals surface area (Å²) in [5.41, 5.74) is 1.60. The predicted molar refractivity (Wildman–Crippen MR) is 133 cm³/mol. The van der Waals surface area contributed by atoms with Gasteiger partial charge in [0.05, 0.1) is 5.69 Å². The number of rotatable bonds is 5. The smallest absolute Gasteiger partial charge is 0.333 e. The second-order valence-corrected chi connectivity index (χ2v) is 9.43. The van der Waals surface area contributed by atoms with Crippen LogP contribution in [0.25, 0.3) is 0 Å². The molecule has 3 aliphatic rings. The molecule has 0 N–H and O–H groups in total. The van der Waals surface area contributed by atoms with E-state index in [1.807, 2.05) is 39.8 Å². The summed E-state index contributed by atoms with van der Waals surface area (Å²) < 4.78 is 16.2. The molecule has 3 heterocycles. The van der Waals surface area contributed by atoms with Crippen LogP contribution in [0.2, 0.25) is 5.02 Å². The lowest BCUT2D eigenvalue weighted by Gasteiger charge is -2.35. The first-order chi connectivity index (χ1) is 16.8. The highest BCUT2D eigenvalue weighted by Gasteiger charge is 2.53. The zero-order valence-electron chi connectivity index (χ0n) is 19.7. The number of amides is 3. The highest BCUT2D eigenvalue weighted by Crippen LogP contribution is 2.23. The zero-order chi connectivity index (χ0) is 24.7. The highest BCUT2D eigenvalue weighted by molar-refractivity contribution is 6.30. The molecule has 1 atom stereocenters. The Kier molecular flexibility index (Phi) is 6.29. The van der Waals surface area contributed by atoms with Crippen molar-refractivity contribution in [1.82, 2.24) is 14.7 Å². The van der Waals surface area contributed by atoms with Gasteiger partial charge in [0.25, 0.3) is 17.8 Å². The lowest BCUT2D eigenvalue weighted by molar-refractivity contribution is -0.552. The molecule has 3 aliphatic heterocycles. The van der Waals surface area contributed by atoms with Gasteiger partial charge < -0.3 is 4.90 Å². The van der Waals surface area contributed by atoms with Crippen LogP contribution in [0.4, 0.5) is 14.9 Å². The minimum Gasteiger partial charge on any atom is -0.367 e. The second kappa shape index (κ2) is 9.39. The van der Waals surface area contributed by atoms with Gasteiger partial charge in [-0.15, -0.1) is 0 Å². The number of carbonyl (C=O) groups is 2. The van der Waals surface area contributed by atoms with Crippen molar-refractivity contribution in [2.75, 3.05) is 51.7 Å². The first kappa shape index (κ1) is 23.4. The summed E-state index contributed by atoms with van der Waals surface area (Å²) in [6, 6.07) is 13.3. The van der Waals surface area contributed by atoms with Crippen molar-refractivity contribution >= 4 is 40.9 Å². The Morgan fingerprint density at radius 3 is 2.37 bits per heavy atom. The number of amidine groups is 2. The molecule has 35 heavy (non-hydrogen) atoms. The van der Waals surface area contributed by atoms with Gasteiger partial charge in [0, 0.05) is 45.3 Å². The number of hydrogen-bond donors (Lipinski definition) is 0. The summed E-state index contributed by atoms with van der Waals surface area (Å²) in [7, 11) is 3.14. The molecule has 2 fully saturated rings. The van der Waals surface area contributed by atoms with Crippen LogP contribution in [0.5, 0.6) is 0 Å². The maximum atomic E-state index is 14.2. The maximum absolute atomic E-state index is 14.2. The molecular weight excluding hydrogens is 471 g/mol. The van der Waals surface area contributed by atoms with E-state index in [9.17, 15) is 14.0 Å². The van der Waals surface area contributed by atoms with Crippen LogP contribution in [0, 0.1) is 5.82 Å². The van der Waals surface area contributed by atoms with Gasteiger partial charge in [-0.05, 0) is 34.8 Å². The quantitative estimate of drug-likeness (QED) is 0.596. The van der Waals surface area contributed by atoms with E-state index in [0.29, 0.717) is 42.7 Å². The molecule has 8 nitrogen and oxygen atoms in total. The van der Waals surface area contributed by atoms with E-state index in [1.165, 1.54) is 18.0 Å². The third kappa shape index (κ3) is 4.41. The highest BCUT2D eigenvalue weighted by atomic mass is 35.5. The molecule has 2 aromatic carbocycles. The van der Waals surface area contributed by atoms with E-state index in [-0.39, 0.29) is 11.7 Å². The fourth-order valence-corrected chi connectivity index (χ4v) is 4.93. The number of imide groups is 1. The molecule has 2 aromatic rings. The maximum Gasteiger partial charge on any atom is 0.333 e. The Hall–Kier alpha value is -3.30. The Morgan fingerprint density at radius 2 is 1.69 bits per heavy atom. The Labute approximate surface area is 208 Å². The number of anilines is 1. The molecule has 0 aliphatic carbocycles. The molecule has 5 rings (SSSR count). The van der Waals surface area contributed by atoms with Gasteiger partial charge >= 0.3 is 11.9 Å². The Bertz CT molecular complexity index is 1220. The van der Waals surface area contributed by atoms with Gasteiger partial charge in [-0.3, -0.25) is 19.5 Å². The molecule has 0 spiro atoms. The number of nitrogens with zero attached hydrogens (tertiary/aromatic N) is 6. The number of urea groups is 1. The lowest BCUT2D eigenvalue weighted by atomic mass is 10.1. The molecule has 0 bridgehead atoms. The largest absolute Gasteiger partial charge is 0.367 e. The summed E-state index contributed by atoms with van der Waals surface area (Å²) in [6.45, 7) is 3.81. The number of likely N-dealkylation sites (N-methyl/N-ethyl adjacent to an activating group) is 2. The summed E-state index contributed by atoms with van der Waals surface area (Å²) >= 11 is 6.06. The van der Waals surface area contributed by atoms with Crippen LogP contribution in [0.1, 0.15) is 5.56 Å². The molecule has 182 valence electrons. The monoisotopic (exact) mass is 497 g/mol. The molecule has 2 saturated heterocycles. The number of fused-ring (bicyclic) bond motifs is 1. The fraction of sp³-hybridized carbons (Fsp3) is 0.360. The molecule has 1 unspecified atom stereocenters. The van der Waals surface area contributed by atoms with Crippen molar-refractivity contribution in [2.45, 2.75) is 12.6 Å². The van der Waals surface area contributed by atoms with Crippen molar-refractivity contribution in [3.05, 3.63) is 64.9 Å². The average Bonchev–Trinajstić information content (AvgIpc) is 3.21. The van der Waals surface area contributed by atoms with E-state index >= 15 is 0 Å². The van der Waals surface area contributed by atoms with Crippen molar-refractivity contribution in [3.8, 4) is 0 Å². The third-order valence-electron chi connectivity index (χ3n) is 6.81. The first-order valence-electron chi connectivity index (χ1n) is 11.6. The predicted octanol–water partition coefficient (Wildman–Crippen LogP) is 2.52. The third-order valence-corrected chi connectivity index (χ3v) is 7.06. The Morgan fingerprint density at radius 1 is 1.00 bits per heavy atom. The van der Waals surface area contributed by atoms with E-state index in [4.69, 9.17) is 16.6 Å². The van der Waals surface area contributed by atoms with Crippen molar-refractivity contribution in [1.29, 1.82) is 0 Å². The van der Waals surface area contributed by atoms with Crippen LogP contribution in [0.3, 0.4) is 0 Å². The minimum atomic E-state index is -0.659. The van der Waals surface area contributed by atoms with E-state index < -0.39 is 12.1 Å². The standard InChI is InChI=1S/C25H27ClFN6O2/c1-29-23-22(24(34)30(2)25(29)35)33(15-17-7-9-18(26)10-8-17)21(28-23)16-31-11-13-32(14-12-31)20-6-4-3-5-19(20)27/h3-10,22H,11-16H2,1-2H3/q+1. The number of hydrogen-bond acceptors (Lipinski definition) is 5. The van der Waals surface area contributed by atoms with E-state index in [1.54, 1.807) is 19.2 Å². The molecular formula is C25H27ClFN6O2+. The molecule has 10 heteroatoms. The van der Waals surface area contributed by atoms with Gasteiger partial charge in [0.1, 0.15) is 18.9 Å². The van der Waals surface area contributed by atoms with Crippen molar-refractivity contribution < 1.29 is 18.6 Å². The summed E-state index contributed by atoms with van der Waals surface area (Å²) in [4.78, 5) is 37.4. The van der Waals surface area contributed by atoms with Crippen LogP contribution in [-0.4, -0.2) is 95.7 Å². The number of para-hydroxylation sites is 1. The number of carbonyl (C=O) groups excluding carboxylic acids is 2. The normalized spacial score (nSPS) is 21.1. The van der Waals surface area contributed by atoms with Gasteiger partial charge in [0.2, 0.25) is 0 Å². The lowest BCUT2D eigenvalue weighted by Crippen LogP contribution is -2.61. The number of benzene rings is 2. The van der Waals surface area contributed by atoms with Crippen LogP contribution < -0.4 is 4.90 Å². The van der Waals surface area contributed by atoms with E-state index in [2.05, 4.69) is 4.90 Å². The molecule has 0 aromatic heterocycles. The zero-order valence-corrected chi connectivity index (χ0v) is 20.5. The second-order valence-electron chi connectivity index (χ2n) is 9.00. The van der Waals surface area contributed by atoms with Gasteiger partial charge in [-0.2, -0.15) is 0 Å². The van der Waals surface area contributed by atoms with Crippen molar-refractivity contribution in [2.24, 2.45) is 4.99 Å². The first-order valence-corrected chi connectivity index (χ1v) is 11.9. The molecule has 0 radical (unpaired) electrons. The van der Waals surface area contributed by atoms with Gasteiger partial charge in [-0.25, -0.2) is 13.8 Å². The molecule has 3 amide bonds. The van der Waals surface area contributed by atoms with Crippen LogP contribution in [-0.2, 0) is 11.3 Å². The van der Waals surface area contributed by atoms with E-state index in [0.717, 1.165) is 29.4 Å². The summed E-state index contributed by atoms with van der Waals surface area (Å²) in [5, 5.41) is 0.642. The Balaban J connectivity index is 1.39. The molecule has 0 saturated carbocycles. The number of piperazine rings is 1. The van der Waals surface area contributed by atoms with Crippen molar-refractivity contribution in [3.63, 3.8) is 0 Å². The summed E-state index contributed by atoms with van der Waals surface area (Å²) in [6.07, 6.45) is 0. The van der Waals surface area contributed by atoms with Gasteiger partial charge in [-0.1, -0.05) is 35.9 Å². The average molecular weight is 498 g/mol. The van der Waals surface area contributed by atoms with Gasteiger partial charge in [0.15, 0.2) is 0 Å². The van der Waals surface area contributed by atoms with Crippen LogP contribution in [0.15, 0.2) is 53.5 Å². The van der Waals surface area contributed by atoms with Crippen LogP contribution >= 0.6 is 11.6 Å². The number of halogens is 2. The SMILES string of the molecule is CN1C(=O)C2C(=NC(CN3CCN(c4ccccc4F)CC3)=[N+]2Cc2ccc(Cl)cc2)N(C)C1=O. The fourth-order valence-electron chi connectivity index (χ4n) is 4.80. The topological polar surface area (TPSA) is 62.5 Å².